The predicted octanol–water partition coefficient (Wildman–Crippen LogP) is 1.96. The largest absolute Gasteiger partial charge is 0.329 e. The zero-order chi connectivity index (χ0) is 12.0. The molecule has 0 aliphatic rings. The number of thioether (sulfide) groups is 1. The van der Waals surface area contributed by atoms with Gasteiger partial charge in [-0.3, -0.25) is 4.90 Å². The van der Waals surface area contributed by atoms with Crippen LogP contribution in [0, 0.1) is 6.92 Å². The smallest absolute Gasteiger partial charge is 0.0798 e. The molecule has 0 saturated heterocycles. The summed E-state index contributed by atoms with van der Waals surface area (Å²) in [5, 5.41) is 0. The fourth-order valence-corrected chi connectivity index (χ4v) is 2.95. The van der Waals surface area contributed by atoms with Crippen LogP contribution in [0.3, 0.4) is 0 Å². The molecule has 0 amide bonds. The molecule has 1 unspecified atom stereocenters. The molecule has 0 bridgehead atoms. The zero-order valence-electron chi connectivity index (χ0n) is 10.3. The molecule has 3 nitrogen and oxygen atoms in total. The highest BCUT2D eigenvalue weighted by Crippen LogP contribution is 2.16. The number of nitrogens with two attached hydrogens (primary N) is 1. The number of hydrogen-bond donors (Lipinski definition) is 1. The molecule has 0 aliphatic carbocycles. The van der Waals surface area contributed by atoms with E-state index in [9.17, 15) is 0 Å². The predicted molar refractivity (Wildman–Crippen MR) is 74.2 cm³/mol. The van der Waals surface area contributed by atoms with Crippen LogP contribution in [0.1, 0.15) is 17.0 Å². The Morgan fingerprint density at radius 1 is 1.62 bits per heavy atom. The standard InChI is InChI=1S/C11H21N3S2/c1-9-11(16-8-13-9)7-14(2)10(6-12)4-5-15-3/h8,10H,4-7,12H2,1-3H3. The Kier molecular flexibility index (Phi) is 6.34. The minimum atomic E-state index is 0.481. The lowest BCUT2D eigenvalue weighted by Gasteiger charge is -2.26. The molecule has 0 saturated carbocycles. The average Bonchev–Trinajstić information content (AvgIpc) is 2.65. The first-order valence-corrected chi connectivity index (χ1v) is 7.74. The highest BCUT2D eigenvalue weighted by atomic mass is 32.2. The van der Waals surface area contributed by atoms with Gasteiger partial charge in [-0.1, -0.05) is 0 Å². The van der Waals surface area contributed by atoms with Gasteiger partial charge in [0.25, 0.3) is 0 Å². The van der Waals surface area contributed by atoms with Gasteiger partial charge in [0.2, 0.25) is 0 Å². The molecule has 1 heterocycles. The van der Waals surface area contributed by atoms with Crippen molar-refractivity contribution in [2.24, 2.45) is 5.73 Å². The van der Waals surface area contributed by atoms with Gasteiger partial charge in [-0.15, -0.1) is 11.3 Å². The van der Waals surface area contributed by atoms with Crippen LogP contribution in [0.15, 0.2) is 5.51 Å². The van der Waals surface area contributed by atoms with Crippen LogP contribution in [0.25, 0.3) is 0 Å². The minimum absolute atomic E-state index is 0.481. The fraction of sp³-hybridized carbons (Fsp3) is 0.727. The van der Waals surface area contributed by atoms with Crippen molar-refractivity contribution in [1.29, 1.82) is 0 Å². The minimum Gasteiger partial charge on any atom is -0.329 e. The highest BCUT2D eigenvalue weighted by Gasteiger charge is 2.14. The van der Waals surface area contributed by atoms with E-state index in [4.69, 9.17) is 5.73 Å². The Hall–Kier alpha value is -0.100. The van der Waals surface area contributed by atoms with Gasteiger partial charge in [-0.2, -0.15) is 11.8 Å². The summed E-state index contributed by atoms with van der Waals surface area (Å²) >= 11 is 3.61. The van der Waals surface area contributed by atoms with Crippen molar-refractivity contribution in [3.05, 3.63) is 16.1 Å². The van der Waals surface area contributed by atoms with E-state index in [1.165, 1.54) is 10.6 Å². The van der Waals surface area contributed by atoms with E-state index >= 15 is 0 Å². The third kappa shape index (κ3) is 4.05. The molecule has 0 aromatic carbocycles. The van der Waals surface area contributed by atoms with Crippen molar-refractivity contribution in [1.82, 2.24) is 9.88 Å². The summed E-state index contributed by atoms with van der Waals surface area (Å²) in [5.41, 5.74) is 8.88. The maximum absolute atomic E-state index is 5.82. The SMILES string of the molecule is CSCCC(CN)N(C)Cc1scnc1C. The van der Waals surface area contributed by atoms with Gasteiger partial charge in [0, 0.05) is 24.0 Å². The van der Waals surface area contributed by atoms with Gasteiger partial charge in [-0.05, 0) is 32.4 Å². The van der Waals surface area contributed by atoms with Crippen LogP contribution in [0.2, 0.25) is 0 Å². The second-order valence-corrected chi connectivity index (χ2v) is 5.87. The topological polar surface area (TPSA) is 42.1 Å². The van der Waals surface area contributed by atoms with E-state index in [0.29, 0.717) is 6.04 Å². The summed E-state index contributed by atoms with van der Waals surface area (Å²) in [4.78, 5) is 7.97. The lowest BCUT2D eigenvalue weighted by molar-refractivity contribution is 0.235. The summed E-state index contributed by atoms with van der Waals surface area (Å²) in [6.45, 7) is 3.76. The van der Waals surface area contributed by atoms with Crippen molar-refractivity contribution < 1.29 is 0 Å². The highest BCUT2D eigenvalue weighted by molar-refractivity contribution is 7.98. The van der Waals surface area contributed by atoms with Gasteiger partial charge >= 0.3 is 0 Å². The molecule has 1 atom stereocenters. The second kappa shape index (κ2) is 7.27. The summed E-state index contributed by atoms with van der Waals surface area (Å²) in [5.74, 6) is 1.17. The van der Waals surface area contributed by atoms with Gasteiger partial charge in [0.15, 0.2) is 0 Å². The van der Waals surface area contributed by atoms with Crippen LogP contribution in [-0.4, -0.2) is 41.5 Å². The van der Waals surface area contributed by atoms with Crippen molar-refractivity contribution in [3.63, 3.8) is 0 Å². The molecular formula is C11H21N3S2. The summed E-state index contributed by atoms with van der Waals surface area (Å²) in [6, 6.07) is 0.481. The molecule has 5 heteroatoms. The molecular weight excluding hydrogens is 238 g/mol. The van der Waals surface area contributed by atoms with E-state index in [0.717, 1.165) is 25.2 Å². The first-order valence-electron chi connectivity index (χ1n) is 5.47. The molecule has 0 fully saturated rings. The first-order chi connectivity index (χ1) is 7.69. The normalized spacial score (nSPS) is 13.3. The monoisotopic (exact) mass is 259 g/mol. The molecule has 1 rings (SSSR count). The lowest BCUT2D eigenvalue weighted by atomic mass is 10.2. The molecule has 1 aromatic heterocycles. The van der Waals surface area contributed by atoms with Crippen molar-refractivity contribution in [2.75, 3.05) is 25.6 Å². The maximum Gasteiger partial charge on any atom is 0.0798 e. The number of hydrogen-bond acceptors (Lipinski definition) is 5. The van der Waals surface area contributed by atoms with E-state index < -0.39 is 0 Å². The summed E-state index contributed by atoms with van der Waals surface area (Å²) in [7, 11) is 2.15. The van der Waals surface area contributed by atoms with Crippen LogP contribution in [-0.2, 0) is 6.54 Å². The van der Waals surface area contributed by atoms with Crippen LogP contribution >= 0.6 is 23.1 Å². The number of likely N-dealkylation sites (N-methyl/N-ethyl adjacent to an activating group) is 1. The molecule has 0 aliphatic heterocycles. The number of rotatable bonds is 7. The van der Waals surface area contributed by atoms with Crippen molar-refractivity contribution in [2.45, 2.75) is 25.9 Å². The zero-order valence-corrected chi connectivity index (χ0v) is 11.9. The third-order valence-electron chi connectivity index (χ3n) is 2.79. The van der Waals surface area contributed by atoms with Crippen LogP contribution in [0.4, 0.5) is 0 Å². The number of nitrogens with zero attached hydrogens (tertiary/aromatic N) is 2. The molecule has 0 radical (unpaired) electrons. The Balaban J connectivity index is 2.49. The van der Waals surface area contributed by atoms with E-state index in [1.807, 2.05) is 17.3 Å². The average molecular weight is 259 g/mol. The fourth-order valence-electron chi connectivity index (χ4n) is 1.61. The van der Waals surface area contributed by atoms with Crippen molar-refractivity contribution in [3.8, 4) is 0 Å². The molecule has 92 valence electrons. The Morgan fingerprint density at radius 3 is 2.88 bits per heavy atom. The molecule has 0 spiro atoms. The van der Waals surface area contributed by atoms with Gasteiger partial charge in [-0.25, -0.2) is 4.98 Å². The molecule has 2 N–H and O–H groups in total. The maximum atomic E-state index is 5.82. The van der Waals surface area contributed by atoms with E-state index in [-0.39, 0.29) is 0 Å². The van der Waals surface area contributed by atoms with Crippen molar-refractivity contribution >= 4 is 23.1 Å². The third-order valence-corrected chi connectivity index (χ3v) is 4.35. The number of thiazole rings is 1. The summed E-state index contributed by atoms with van der Waals surface area (Å²) < 4.78 is 0. The van der Waals surface area contributed by atoms with Gasteiger partial charge in [0.1, 0.15) is 0 Å². The number of aromatic nitrogens is 1. The Labute approximate surface area is 106 Å². The van der Waals surface area contributed by atoms with E-state index in [2.05, 4.69) is 30.1 Å². The Morgan fingerprint density at radius 2 is 2.38 bits per heavy atom. The lowest BCUT2D eigenvalue weighted by Crippen LogP contribution is -2.37. The van der Waals surface area contributed by atoms with Crippen LogP contribution in [0.5, 0.6) is 0 Å². The molecule has 16 heavy (non-hydrogen) atoms. The van der Waals surface area contributed by atoms with Crippen LogP contribution < -0.4 is 5.73 Å². The van der Waals surface area contributed by atoms with E-state index in [1.54, 1.807) is 11.3 Å². The number of aryl methyl sites for hydroxylation is 1. The molecule has 1 aromatic rings. The summed E-state index contributed by atoms with van der Waals surface area (Å²) in [6.07, 6.45) is 3.30. The second-order valence-electron chi connectivity index (χ2n) is 3.95. The Bertz CT molecular complexity index is 301. The van der Waals surface area contributed by atoms with Gasteiger partial charge < -0.3 is 5.73 Å². The quantitative estimate of drug-likeness (QED) is 0.813. The first kappa shape index (κ1) is 14.0. The van der Waals surface area contributed by atoms with Gasteiger partial charge in [0.05, 0.1) is 11.2 Å².